The van der Waals surface area contributed by atoms with Gasteiger partial charge in [-0.3, -0.25) is 9.59 Å². The maximum absolute atomic E-state index is 13.3. The zero-order valence-electron chi connectivity index (χ0n) is 17.3. The molecule has 30 heavy (non-hydrogen) atoms. The van der Waals surface area contributed by atoms with Crippen LogP contribution >= 0.6 is 11.3 Å². The lowest BCUT2D eigenvalue weighted by molar-refractivity contribution is -0.115. The predicted octanol–water partition coefficient (Wildman–Crippen LogP) is 5.61. The largest absolute Gasteiger partial charge is 0.322 e. The summed E-state index contributed by atoms with van der Waals surface area (Å²) in [6.45, 7) is 4.21. The first-order valence-corrected chi connectivity index (χ1v) is 11.2. The van der Waals surface area contributed by atoms with Crippen molar-refractivity contribution >= 4 is 33.8 Å². The van der Waals surface area contributed by atoms with E-state index in [1.165, 1.54) is 4.88 Å². The Morgan fingerprint density at radius 3 is 2.53 bits per heavy atom. The zero-order valence-corrected chi connectivity index (χ0v) is 18.1. The first-order chi connectivity index (χ1) is 14.5. The van der Waals surface area contributed by atoms with Gasteiger partial charge in [0.25, 0.3) is 5.91 Å². The van der Waals surface area contributed by atoms with E-state index in [9.17, 15) is 9.59 Å². The van der Waals surface area contributed by atoms with Crippen molar-refractivity contribution in [1.29, 1.82) is 0 Å². The third kappa shape index (κ3) is 4.46. The Bertz CT molecular complexity index is 1070. The van der Waals surface area contributed by atoms with Crippen LogP contribution in [0.4, 0.5) is 10.7 Å². The third-order valence-electron chi connectivity index (χ3n) is 5.59. The fourth-order valence-electron chi connectivity index (χ4n) is 3.93. The maximum atomic E-state index is 13.3. The monoisotopic (exact) mass is 418 g/mol. The second kappa shape index (κ2) is 8.84. The van der Waals surface area contributed by atoms with Gasteiger partial charge in [0.15, 0.2) is 0 Å². The van der Waals surface area contributed by atoms with Gasteiger partial charge in [0.2, 0.25) is 5.91 Å². The quantitative estimate of drug-likeness (QED) is 0.565. The van der Waals surface area contributed by atoms with Gasteiger partial charge in [-0.15, -0.1) is 11.3 Å². The van der Waals surface area contributed by atoms with Crippen LogP contribution in [0, 0.1) is 12.8 Å². The van der Waals surface area contributed by atoms with Gasteiger partial charge in [-0.2, -0.15) is 0 Å². The number of carbonyl (C=O) groups excluding carboxylic acids is 2. The number of thiophene rings is 1. The smallest absolute Gasteiger partial charge is 0.258 e. The molecule has 0 aliphatic heterocycles. The molecule has 1 heterocycles. The summed E-state index contributed by atoms with van der Waals surface area (Å²) in [5.74, 6) is 0.348. The van der Waals surface area contributed by atoms with E-state index in [0.717, 1.165) is 41.6 Å². The van der Waals surface area contributed by atoms with Crippen LogP contribution in [-0.2, 0) is 24.1 Å². The molecule has 2 aromatic carbocycles. The predicted molar refractivity (Wildman–Crippen MR) is 123 cm³/mol. The van der Waals surface area contributed by atoms with Gasteiger partial charge in [-0.1, -0.05) is 55.5 Å². The molecular weight excluding hydrogens is 392 g/mol. The van der Waals surface area contributed by atoms with Crippen LogP contribution in [0.1, 0.15) is 45.3 Å². The van der Waals surface area contributed by atoms with E-state index in [1.54, 1.807) is 11.3 Å². The van der Waals surface area contributed by atoms with Crippen molar-refractivity contribution in [2.24, 2.45) is 5.92 Å². The highest BCUT2D eigenvalue weighted by molar-refractivity contribution is 7.17. The second-order valence-electron chi connectivity index (χ2n) is 8.04. The van der Waals surface area contributed by atoms with Gasteiger partial charge in [-0.25, -0.2) is 0 Å². The number of rotatable bonds is 5. The van der Waals surface area contributed by atoms with Crippen LogP contribution in [0.2, 0.25) is 0 Å². The molecule has 0 unspecified atom stereocenters. The summed E-state index contributed by atoms with van der Waals surface area (Å²) in [5.41, 5.74) is 4.49. The van der Waals surface area contributed by atoms with Crippen molar-refractivity contribution in [2.45, 2.75) is 39.5 Å². The van der Waals surface area contributed by atoms with Crippen molar-refractivity contribution in [1.82, 2.24) is 0 Å². The lowest BCUT2D eigenvalue weighted by Crippen LogP contribution is -2.20. The number of para-hydroxylation sites is 1. The SMILES string of the molecule is Cc1ccccc1NC(=O)c1c(NC(=O)Cc2ccccc2)sc2c1CC[C@H](C)C2. The first kappa shape index (κ1) is 20.4. The van der Waals surface area contributed by atoms with E-state index in [4.69, 9.17) is 0 Å². The van der Waals surface area contributed by atoms with Crippen molar-refractivity contribution < 1.29 is 9.59 Å². The van der Waals surface area contributed by atoms with Crippen LogP contribution in [0.3, 0.4) is 0 Å². The molecule has 0 spiro atoms. The van der Waals surface area contributed by atoms with E-state index in [1.807, 2.05) is 61.5 Å². The number of nitrogens with one attached hydrogen (secondary N) is 2. The average molecular weight is 419 g/mol. The number of hydrogen-bond donors (Lipinski definition) is 2. The van der Waals surface area contributed by atoms with Crippen LogP contribution in [0.5, 0.6) is 0 Å². The molecule has 1 atom stereocenters. The molecule has 0 saturated heterocycles. The average Bonchev–Trinajstić information content (AvgIpc) is 3.07. The van der Waals surface area contributed by atoms with Crippen molar-refractivity contribution in [3.8, 4) is 0 Å². The summed E-state index contributed by atoms with van der Waals surface area (Å²) in [5, 5.41) is 6.75. The summed E-state index contributed by atoms with van der Waals surface area (Å²) in [4.78, 5) is 27.2. The van der Waals surface area contributed by atoms with Gasteiger partial charge < -0.3 is 10.6 Å². The van der Waals surface area contributed by atoms with Crippen LogP contribution in [0.25, 0.3) is 0 Å². The Hall–Kier alpha value is -2.92. The number of amides is 2. The lowest BCUT2D eigenvalue weighted by atomic mass is 9.88. The van der Waals surface area contributed by atoms with E-state index in [-0.39, 0.29) is 11.8 Å². The first-order valence-electron chi connectivity index (χ1n) is 10.4. The molecule has 2 amide bonds. The van der Waals surface area contributed by atoms with E-state index in [0.29, 0.717) is 22.9 Å². The van der Waals surface area contributed by atoms with E-state index < -0.39 is 0 Å². The number of carbonyl (C=O) groups is 2. The Labute approximate surface area is 181 Å². The molecule has 1 aromatic heterocycles. The van der Waals surface area contributed by atoms with Gasteiger partial charge in [-0.05, 0) is 54.9 Å². The Balaban J connectivity index is 1.62. The van der Waals surface area contributed by atoms with Crippen molar-refractivity contribution in [3.63, 3.8) is 0 Å². The van der Waals surface area contributed by atoms with Crippen LogP contribution in [-0.4, -0.2) is 11.8 Å². The number of benzene rings is 2. The normalized spacial score (nSPS) is 15.3. The number of fused-ring (bicyclic) bond motifs is 1. The molecule has 0 saturated carbocycles. The minimum Gasteiger partial charge on any atom is -0.322 e. The maximum Gasteiger partial charge on any atom is 0.258 e. The van der Waals surface area contributed by atoms with Gasteiger partial charge in [0.05, 0.1) is 12.0 Å². The lowest BCUT2D eigenvalue weighted by Gasteiger charge is -2.19. The molecule has 4 nitrogen and oxygen atoms in total. The minimum absolute atomic E-state index is 0.0993. The molecule has 0 bridgehead atoms. The fourth-order valence-corrected chi connectivity index (χ4v) is 5.35. The standard InChI is InChI=1S/C25H26N2O2S/c1-16-12-13-19-21(14-16)30-25(27-22(28)15-18-9-4-3-5-10-18)23(19)24(29)26-20-11-7-6-8-17(20)2/h3-11,16H,12-15H2,1-2H3,(H,26,29)(H,27,28)/t16-/m0/s1. The Morgan fingerprint density at radius 2 is 1.77 bits per heavy atom. The molecule has 154 valence electrons. The van der Waals surface area contributed by atoms with E-state index >= 15 is 0 Å². The molecule has 1 aliphatic carbocycles. The highest BCUT2D eigenvalue weighted by atomic mass is 32.1. The zero-order chi connectivity index (χ0) is 21.1. The highest BCUT2D eigenvalue weighted by Crippen LogP contribution is 2.40. The molecule has 1 aliphatic rings. The molecular formula is C25H26N2O2S. The Morgan fingerprint density at radius 1 is 1.03 bits per heavy atom. The fraction of sp³-hybridized carbons (Fsp3) is 0.280. The Kier molecular flexibility index (Phi) is 6.00. The van der Waals surface area contributed by atoms with Gasteiger partial charge in [0.1, 0.15) is 5.00 Å². The van der Waals surface area contributed by atoms with Crippen molar-refractivity contribution in [3.05, 3.63) is 81.7 Å². The van der Waals surface area contributed by atoms with Crippen LogP contribution in [0.15, 0.2) is 54.6 Å². The topological polar surface area (TPSA) is 58.2 Å². The summed E-state index contributed by atoms with van der Waals surface area (Å²) in [6.07, 6.45) is 3.18. The number of hydrogen-bond acceptors (Lipinski definition) is 3. The van der Waals surface area contributed by atoms with Crippen molar-refractivity contribution in [2.75, 3.05) is 10.6 Å². The van der Waals surface area contributed by atoms with Gasteiger partial charge >= 0.3 is 0 Å². The third-order valence-corrected chi connectivity index (χ3v) is 6.76. The summed E-state index contributed by atoms with van der Waals surface area (Å²) in [7, 11) is 0. The molecule has 0 fully saturated rings. The van der Waals surface area contributed by atoms with E-state index in [2.05, 4.69) is 17.6 Å². The summed E-state index contributed by atoms with van der Waals surface area (Å²) < 4.78 is 0. The summed E-state index contributed by atoms with van der Waals surface area (Å²) >= 11 is 1.55. The number of aryl methyl sites for hydroxylation is 1. The molecule has 3 aromatic rings. The second-order valence-corrected chi connectivity index (χ2v) is 9.14. The molecule has 0 radical (unpaired) electrons. The minimum atomic E-state index is -0.147. The van der Waals surface area contributed by atoms with Crippen LogP contribution < -0.4 is 10.6 Å². The molecule has 4 rings (SSSR count). The molecule has 2 N–H and O–H groups in total. The molecule has 5 heteroatoms. The van der Waals surface area contributed by atoms with Gasteiger partial charge in [0, 0.05) is 10.6 Å². The number of anilines is 2. The summed E-state index contributed by atoms with van der Waals surface area (Å²) in [6, 6.07) is 17.4. The highest BCUT2D eigenvalue weighted by Gasteiger charge is 2.28.